The zero-order valence-electron chi connectivity index (χ0n) is 11.3. The van der Waals surface area contributed by atoms with Crippen molar-refractivity contribution in [2.75, 3.05) is 18.9 Å². The zero-order valence-corrected chi connectivity index (χ0v) is 11.3. The van der Waals surface area contributed by atoms with Gasteiger partial charge in [0.25, 0.3) is 0 Å². The molecule has 1 aromatic carbocycles. The molecule has 0 radical (unpaired) electrons. The number of aromatic nitrogens is 2. The number of nitrogens with two attached hydrogens (primary N) is 1. The lowest BCUT2D eigenvalue weighted by Crippen LogP contribution is -2.16. The Balaban J connectivity index is 1.68. The van der Waals surface area contributed by atoms with Gasteiger partial charge in [-0.05, 0) is 17.7 Å². The lowest BCUT2D eigenvalue weighted by atomic mass is 10.3. The molecule has 0 saturated heterocycles. The van der Waals surface area contributed by atoms with Crippen LogP contribution in [-0.4, -0.2) is 29.0 Å². The van der Waals surface area contributed by atoms with Crippen LogP contribution in [0.5, 0.6) is 5.75 Å². The lowest BCUT2D eigenvalue weighted by Gasteiger charge is -2.07. The van der Waals surface area contributed by atoms with Gasteiger partial charge in [0.05, 0.1) is 12.8 Å². The molecule has 0 aliphatic rings. The molecule has 1 heterocycles. The number of ether oxygens (including phenoxy) is 2. The molecule has 0 amide bonds. The second kappa shape index (κ2) is 6.60. The van der Waals surface area contributed by atoms with Gasteiger partial charge in [-0.2, -0.15) is 5.10 Å². The van der Waals surface area contributed by atoms with E-state index in [1.54, 1.807) is 35.1 Å². The maximum absolute atomic E-state index is 11.5. The molecule has 20 heavy (non-hydrogen) atoms. The molecule has 6 heteroatoms. The van der Waals surface area contributed by atoms with Gasteiger partial charge >= 0.3 is 5.97 Å². The number of nitrogens with zero attached hydrogens (tertiary/aromatic N) is 2. The molecule has 0 saturated carbocycles. The molecule has 0 spiro atoms. The molecule has 106 valence electrons. The Bertz CT molecular complexity index is 581. The Kier molecular flexibility index (Phi) is 4.60. The standard InChI is InChI=1S/C14H17N3O3/c1-17-9-11(8-16-17)5-6-19-14(18)10-20-13-4-2-3-12(15)7-13/h2-4,7-9H,5-6,10,15H2,1H3. The SMILES string of the molecule is Cn1cc(CCOC(=O)COc2cccc(N)c2)cn1. The van der Waals surface area contributed by atoms with Gasteiger partial charge in [0, 0.05) is 31.4 Å². The Labute approximate surface area is 117 Å². The zero-order chi connectivity index (χ0) is 14.4. The lowest BCUT2D eigenvalue weighted by molar-refractivity contribution is -0.145. The highest BCUT2D eigenvalue weighted by Gasteiger charge is 2.05. The molecule has 2 rings (SSSR count). The van der Waals surface area contributed by atoms with Crippen LogP contribution in [0.2, 0.25) is 0 Å². The highest BCUT2D eigenvalue weighted by molar-refractivity contribution is 5.71. The number of esters is 1. The Morgan fingerprint density at radius 3 is 3.00 bits per heavy atom. The number of benzene rings is 1. The molecule has 0 bridgehead atoms. The summed E-state index contributed by atoms with van der Waals surface area (Å²) in [5.74, 6) is 0.144. The fraction of sp³-hybridized carbons (Fsp3) is 0.286. The molecule has 2 aromatic rings. The molecule has 2 N–H and O–H groups in total. The average molecular weight is 275 g/mol. The van der Waals surface area contributed by atoms with E-state index in [1.165, 1.54) is 0 Å². The molecule has 6 nitrogen and oxygen atoms in total. The summed E-state index contributed by atoms with van der Waals surface area (Å²) in [4.78, 5) is 11.5. The number of nitrogen functional groups attached to an aromatic ring is 1. The monoisotopic (exact) mass is 275 g/mol. The van der Waals surface area contributed by atoms with Crippen molar-refractivity contribution in [2.24, 2.45) is 7.05 Å². The first-order valence-corrected chi connectivity index (χ1v) is 6.25. The predicted molar refractivity (Wildman–Crippen MR) is 74.2 cm³/mol. The minimum absolute atomic E-state index is 0.128. The molecule has 0 atom stereocenters. The summed E-state index contributed by atoms with van der Waals surface area (Å²) < 4.78 is 12.1. The topological polar surface area (TPSA) is 79.4 Å². The second-order valence-electron chi connectivity index (χ2n) is 4.35. The molecular formula is C14H17N3O3. The average Bonchev–Trinajstić information content (AvgIpc) is 2.82. The van der Waals surface area contributed by atoms with Crippen LogP contribution in [0.3, 0.4) is 0 Å². The fourth-order valence-corrected chi connectivity index (χ4v) is 1.67. The number of hydrogen-bond donors (Lipinski definition) is 1. The van der Waals surface area contributed by atoms with Crippen LogP contribution in [0, 0.1) is 0 Å². The first-order chi connectivity index (χ1) is 9.63. The van der Waals surface area contributed by atoms with Crippen molar-refractivity contribution >= 4 is 11.7 Å². The predicted octanol–water partition coefficient (Wildman–Crippen LogP) is 1.17. The summed E-state index contributed by atoms with van der Waals surface area (Å²) in [5, 5.41) is 4.04. The van der Waals surface area contributed by atoms with Gasteiger partial charge < -0.3 is 15.2 Å². The van der Waals surface area contributed by atoms with Gasteiger partial charge in [-0.25, -0.2) is 4.79 Å². The van der Waals surface area contributed by atoms with E-state index in [0.29, 0.717) is 24.5 Å². The Hall–Kier alpha value is -2.50. The number of carbonyl (C=O) groups excluding carboxylic acids is 1. The van der Waals surface area contributed by atoms with Crippen molar-refractivity contribution in [1.29, 1.82) is 0 Å². The maximum Gasteiger partial charge on any atom is 0.344 e. The minimum Gasteiger partial charge on any atom is -0.482 e. The van der Waals surface area contributed by atoms with Crippen LogP contribution in [0.4, 0.5) is 5.69 Å². The van der Waals surface area contributed by atoms with Crippen LogP contribution >= 0.6 is 0 Å². The molecule has 0 unspecified atom stereocenters. The van der Waals surface area contributed by atoms with Crippen LogP contribution in [0.15, 0.2) is 36.7 Å². The summed E-state index contributed by atoms with van der Waals surface area (Å²) in [5.41, 5.74) is 7.22. The Morgan fingerprint density at radius 2 is 2.30 bits per heavy atom. The third-order valence-corrected chi connectivity index (χ3v) is 2.63. The van der Waals surface area contributed by atoms with E-state index in [1.807, 2.05) is 13.2 Å². The van der Waals surface area contributed by atoms with E-state index in [-0.39, 0.29) is 6.61 Å². The highest BCUT2D eigenvalue weighted by atomic mass is 16.6. The molecule has 0 aliphatic heterocycles. The van der Waals surface area contributed by atoms with Crippen LogP contribution in [0.25, 0.3) is 0 Å². The number of carbonyl (C=O) groups is 1. The maximum atomic E-state index is 11.5. The minimum atomic E-state index is -0.406. The van der Waals surface area contributed by atoms with Crippen molar-refractivity contribution in [3.63, 3.8) is 0 Å². The van der Waals surface area contributed by atoms with Crippen LogP contribution < -0.4 is 10.5 Å². The van der Waals surface area contributed by atoms with Crippen molar-refractivity contribution < 1.29 is 14.3 Å². The first-order valence-electron chi connectivity index (χ1n) is 6.25. The molecule has 0 fully saturated rings. The van der Waals surface area contributed by atoms with Crippen LogP contribution in [-0.2, 0) is 23.0 Å². The van der Waals surface area contributed by atoms with Crippen molar-refractivity contribution in [2.45, 2.75) is 6.42 Å². The third-order valence-electron chi connectivity index (χ3n) is 2.63. The summed E-state index contributed by atoms with van der Waals surface area (Å²) in [6.07, 6.45) is 4.27. The number of hydrogen-bond acceptors (Lipinski definition) is 5. The highest BCUT2D eigenvalue weighted by Crippen LogP contribution is 2.14. The van der Waals surface area contributed by atoms with E-state index in [9.17, 15) is 4.79 Å². The van der Waals surface area contributed by atoms with E-state index in [4.69, 9.17) is 15.2 Å². The van der Waals surface area contributed by atoms with Gasteiger partial charge in [0.2, 0.25) is 0 Å². The van der Waals surface area contributed by atoms with Gasteiger partial charge in [0.1, 0.15) is 5.75 Å². The van der Waals surface area contributed by atoms with Gasteiger partial charge in [0.15, 0.2) is 6.61 Å². The fourth-order valence-electron chi connectivity index (χ4n) is 1.67. The van der Waals surface area contributed by atoms with Gasteiger partial charge in [-0.3, -0.25) is 4.68 Å². The largest absolute Gasteiger partial charge is 0.482 e. The number of aryl methyl sites for hydroxylation is 1. The smallest absolute Gasteiger partial charge is 0.344 e. The molecule has 0 aliphatic carbocycles. The molecule has 1 aromatic heterocycles. The van der Waals surface area contributed by atoms with Gasteiger partial charge in [-0.15, -0.1) is 0 Å². The van der Waals surface area contributed by atoms with Crippen molar-refractivity contribution in [3.8, 4) is 5.75 Å². The van der Waals surface area contributed by atoms with E-state index >= 15 is 0 Å². The summed E-state index contributed by atoms with van der Waals surface area (Å²) in [7, 11) is 1.84. The number of rotatable bonds is 6. The van der Waals surface area contributed by atoms with Crippen molar-refractivity contribution in [1.82, 2.24) is 9.78 Å². The van der Waals surface area contributed by atoms with E-state index in [0.717, 1.165) is 5.56 Å². The normalized spacial score (nSPS) is 10.2. The summed E-state index contributed by atoms with van der Waals surface area (Å²) in [6.45, 7) is 0.182. The van der Waals surface area contributed by atoms with Gasteiger partial charge in [-0.1, -0.05) is 6.07 Å². The number of anilines is 1. The Morgan fingerprint density at radius 1 is 1.45 bits per heavy atom. The molecular weight excluding hydrogens is 258 g/mol. The van der Waals surface area contributed by atoms with E-state index in [2.05, 4.69) is 5.10 Å². The summed E-state index contributed by atoms with van der Waals surface area (Å²) >= 11 is 0. The van der Waals surface area contributed by atoms with Crippen molar-refractivity contribution in [3.05, 3.63) is 42.2 Å². The second-order valence-corrected chi connectivity index (χ2v) is 4.35. The van der Waals surface area contributed by atoms with Crippen LogP contribution in [0.1, 0.15) is 5.56 Å². The quantitative estimate of drug-likeness (QED) is 0.632. The third kappa shape index (κ3) is 4.31. The first kappa shape index (κ1) is 13.9. The van der Waals surface area contributed by atoms with E-state index < -0.39 is 5.97 Å². The summed E-state index contributed by atoms with van der Waals surface area (Å²) in [6, 6.07) is 6.90.